The lowest BCUT2D eigenvalue weighted by molar-refractivity contribution is -0.121. The molecule has 0 aliphatic carbocycles. The minimum Gasteiger partial charge on any atom is -0.356 e. The summed E-state index contributed by atoms with van der Waals surface area (Å²) in [4.78, 5) is 11.8. The van der Waals surface area contributed by atoms with E-state index in [9.17, 15) is 13.2 Å². The molecule has 1 atom stereocenters. The largest absolute Gasteiger partial charge is 0.356 e. The van der Waals surface area contributed by atoms with Crippen LogP contribution in [0.1, 0.15) is 24.1 Å². The predicted octanol–water partition coefficient (Wildman–Crippen LogP) is -0.456. The molecular weight excluding hydrogens is 292 g/mol. The van der Waals surface area contributed by atoms with Gasteiger partial charge in [0.2, 0.25) is 5.91 Å². The van der Waals surface area contributed by atoms with E-state index in [4.69, 9.17) is 0 Å². The van der Waals surface area contributed by atoms with Gasteiger partial charge in [0.1, 0.15) is 0 Å². The van der Waals surface area contributed by atoms with Gasteiger partial charge in [-0.1, -0.05) is 0 Å². The van der Waals surface area contributed by atoms with Crippen molar-refractivity contribution in [3.05, 3.63) is 17.5 Å². The summed E-state index contributed by atoms with van der Waals surface area (Å²) in [6, 6.07) is -0.264. The highest BCUT2D eigenvalue weighted by atomic mass is 32.2. The number of nitrogens with zero attached hydrogens (tertiary/aromatic N) is 1. The number of carbonyl (C=O) groups excluding carboxylic acids is 1. The zero-order valence-corrected chi connectivity index (χ0v) is 13.0. The summed E-state index contributed by atoms with van der Waals surface area (Å²) in [5.74, 6) is 0.109. The first-order valence-electron chi connectivity index (χ1n) is 7.15. The quantitative estimate of drug-likeness (QED) is 0.617. The molecule has 1 aliphatic rings. The molecular formula is C13H22N4O3S. The third-order valence-corrected chi connectivity index (χ3v) is 5.35. The molecule has 0 spiro atoms. The molecule has 0 radical (unpaired) electrons. The Balaban J connectivity index is 1.65. The van der Waals surface area contributed by atoms with Gasteiger partial charge in [0.05, 0.1) is 17.7 Å². The SMILES string of the molecule is Cc1[nH]ncc1CCCNC(=O)CC1CS(=O)(=O)CCN1. The lowest BCUT2D eigenvalue weighted by Gasteiger charge is -2.23. The van der Waals surface area contributed by atoms with Gasteiger partial charge < -0.3 is 10.6 Å². The molecule has 1 aromatic heterocycles. The van der Waals surface area contributed by atoms with Crippen LogP contribution < -0.4 is 10.6 Å². The van der Waals surface area contributed by atoms with Gasteiger partial charge in [-0.3, -0.25) is 9.89 Å². The molecule has 0 saturated carbocycles. The van der Waals surface area contributed by atoms with Gasteiger partial charge in [0, 0.05) is 31.2 Å². The highest BCUT2D eigenvalue weighted by Gasteiger charge is 2.25. The molecule has 1 aliphatic heterocycles. The van der Waals surface area contributed by atoms with Gasteiger partial charge >= 0.3 is 0 Å². The van der Waals surface area contributed by atoms with E-state index in [-0.39, 0.29) is 29.9 Å². The molecule has 3 N–H and O–H groups in total. The molecule has 21 heavy (non-hydrogen) atoms. The van der Waals surface area contributed by atoms with Crippen molar-refractivity contribution >= 4 is 15.7 Å². The number of nitrogens with one attached hydrogen (secondary N) is 3. The summed E-state index contributed by atoms with van der Waals surface area (Å²) < 4.78 is 23.0. The second-order valence-corrected chi connectivity index (χ2v) is 7.67. The van der Waals surface area contributed by atoms with Crippen LogP contribution in [0, 0.1) is 6.92 Å². The van der Waals surface area contributed by atoms with Crippen LogP contribution in [0.15, 0.2) is 6.20 Å². The second-order valence-electron chi connectivity index (χ2n) is 5.44. The first-order chi connectivity index (χ1) is 9.96. The number of carbonyl (C=O) groups is 1. The molecule has 1 fully saturated rings. The zero-order valence-electron chi connectivity index (χ0n) is 12.2. The molecule has 2 rings (SSSR count). The normalized spacial score (nSPS) is 21.1. The van der Waals surface area contributed by atoms with Crippen molar-refractivity contribution < 1.29 is 13.2 Å². The monoisotopic (exact) mass is 314 g/mol. The van der Waals surface area contributed by atoms with E-state index in [2.05, 4.69) is 20.8 Å². The van der Waals surface area contributed by atoms with Gasteiger partial charge in [-0.05, 0) is 25.3 Å². The molecule has 2 heterocycles. The van der Waals surface area contributed by atoms with E-state index in [0.717, 1.165) is 24.1 Å². The summed E-state index contributed by atoms with van der Waals surface area (Å²) in [5.41, 5.74) is 2.21. The number of hydrogen-bond acceptors (Lipinski definition) is 5. The fourth-order valence-electron chi connectivity index (χ4n) is 2.43. The highest BCUT2D eigenvalue weighted by Crippen LogP contribution is 2.06. The Morgan fingerprint density at radius 2 is 2.33 bits per heavy atom. The van der Waals surface area contributed by atoms with Crippen LogP contribution in [-0.4, -0.2) is 55.2 Å². The molecule has 8 heteroatoms. The number of aromatic nitrogens is 2. The lowest BCUT2D eigenvalue weighted by Crippen LogP contribution is -2.47. The first kappa shape index (κ1) is 16.0. The van der Waals surface area contributed by atoms with Gasteiger partial charge in [0.15, 0.2) is 9.84 Å². The minimum absolute atomic E-state index is 0.0502. The van der Waals surface area contributed by atoms with E-state index in [1.807, 2.05) is 6.92 Å². The van der Waals surface area contributed by atoms with Crippen molar-refractivity contribution in [3.8, 4) is 0 Å². The van der Waals surface area contributed by atoms with Gasteiger partial charge in [-0.25, -0.2) is 8.42 Å². The number of aromatic amines is 1. The van der Waals surface area contributed by atoms with Gasteiger partial charge in [-0.15, -0.1) is 0 Å². The van der Waals surface area contributed by atoms with E-state index in [1.54, 1.807) is 6.20 Å². The van der Waals surface area contributed by atoms with Crippen LogP contribution >= 0.6 is 0 Å². The molecule has 118 valence electrons. The third kappa shape index (κ3) is 5.13. The molecule has 1 aromatic rings. The maximum absolute atomic E-state index is 11.8. The average Bonchev–Trinajstić information content (AvgIpc) is 2.79. The standard InChI is InChI=1S/C13H22N4O3S/c1-10-11(8-16-17-10)3-2-4-15-13(18)7-12-9-21(19,20)6-5-14-12/h8,12,14H,2-7,9H2,1H3,(H,15,18)(H,16,17). The van der Waals surface area contributed by atoms with E-state index in [0.29, 0.717) is 13.1 Å². The summed E-state index contributed by atoms with van der Waals surface area (Å²) in [7, 11) is -2.99. The molecule has 1 amide bonds. The summed E-state index contributed by atoms with van der Waals surface area (Å²) in [6.45, 7) is 2.99. The van der Waals surface area contributed by atoms with Crippen molar-refractivity contribution in [3.63, 3.8) is 0 Å². The number of sulfone groups is 1. The van der Waals surface area contributed by atoms with Gasteiger partial charge in [-0.2, -0.15) is 5.10 Å². The molecule has 0 aromatic carbocycles. The summed E-state index contributed by atoms with van der Waals surface area (Å²) >= 11 is 0. The van der Waals surface area contributed by atoms with E-state index >= 15 is 0 Å². The van der Waals surface area contributed by atoms with E-state index in [1.165, 1.54) is 0 Å². The number of aryl methyl sites for hydroxylation is 2. The maximum Gasteiger partial charge on any atom is 0.221 e. The molecule has 1 unspecified atom stereocenters. The third-order valence-electron chi connectivity index (χ3n) is 3.61. The fraction of sp³-hybridized carbons (Fsp3) is 0.692. The second kappa shape index (κ2) is 7.04. The van der Waals surface area contributed by atoms with Crippen molar-refractivity contribution in [2.75, 3.05) is 24.6 Å². The van der Waals surface area contributed by atoms with Crippen LogP contribution in [0.25, 0.3) is 0 Å². The van der Waals surface area contributed by atoms with E-state index < -0.39 is 9.84 Å². The van der Waals surface area contributed by atoms with Crippen molar-refractivity contribution in [1.82, 2.24) is 20.8 Å². The number of amides is 1. The van der Waals surface area contributed by atoms with Crippen LogP contribution in [0.3, 0.4) is 0 Å². The van der Waals surface area contributed by atoms with Crippen molar-refractivity contribution in [1.29, 1.82) is 0 Å². The Kier molecular flexibility index (Phi) is 5.35. The Hall–Kier alpha value is -1.41. The smallest absolute Gasteiger partial charge is 0.221 e. The van der Waals surface area contributed by atoms with Crippen LogP contribution in [0.4, 0.5) is 0 Å². The molecule has 7 nitrogen and oxygen atoms in total. The molecule has 1 saturated heterocycles. The van der Waals surface area contributed by atoms with Crippen LogP contribution in [0.5, 0.6) is 0 Å². The van der Waals surface area contributed by atoms with Crippen LogP contribution in [0.2, 0.25) is 0 Å². The highest BCUT2D eigenvalue weighted by molar-refractivity contribution is 7.91. The Labute approximate surface area is 124 Å². The topological polar surface area (TPSA) is 104 Å². The Morgan fingerprint density at radius 1 is 1.52 bits per heavy atom. The zero-order chi connectivity index (χ0) is 15.3. The first-order valence-corrected chi connectivity index (χ1v) is 8.98. The van der Waals surface area contributed by atoms with Gasteiger partial charge in [0.25, 0.3) is 0 Å². The summed E-state index contributed by atoms with van der Waals surface area (Å²) in [5, 5.41) is 12.7. The van der Waals surface area contributed by atoms with Crippen LogP contribution in [-0.2, 0) is 21.1 Å². The van der Waals surface area contributed by atoms with Crippen molar-refractivity contribution in [2.24, 2.45) is 0 Å². The minimum atomic E-state index is -2.99. The Morgan fingerprint density at radius 3 is 3.00 bits per heavy atom. The predicted molar refractivity (Wildman–Crippen MR) is 79.7 cm³/mol. The lowest BCUT2D eigenvalue weighted by atomic mass is 10.1. The van der Waals surface area contributed by atoms with Crippen molar-refractivity contribution in [2.45, 2.75) is 32.2 Å². The average molecular weight is 314 g/mol. The summed E-state index contributed by atoms with van der Waals surface area (Å²) in [6.07, 6.45) is 3.71. The maximum atomic E-state index is 11.8. The number of H-pyrrole nitrogens is 1. The fourth-order valence-corrected chi connectivity index (χ4v) is 3.87. The molecule has 0 bridgehead atoms. The Bertz CT molecular complexity index is 582. The number of rotatable bonds is 6. The number of hydrogen-bond donors (Lipinski definition) is 3.